The van der Waals surface area contributed by atoms with E-state index in [2.05, 4.69) is 15.9 Å². The third-order valence-corrected chi connectivity index (χ3v) is 3.91. The molecule has 1 saturated heterocycles. The molecule has 0 spiro atoms. The maximum absolute atomic E-state index is 13.4. The fraction of sp³-hybridized carbons (Fsp3) is 0.467. The van der Waals surface area contributed by atoms with Crippen LogP contribution in [0, 0.1) is 5.82 Å². The standard InChI is InChI=1S/C15H18BrFN2O4/c1-18(9-14(20)21)7-13-8-19(2-3-23-13)15(22)10-4-11(16)6-12(17)5-10/h4-6,13H,2-3,7-9H2,1H3,(H,20,21)/t13-/m1/s1. The zero-order valence-electron chi connectivity index (χ0n) is 12.7. The normalized spacial score (nSPS) is 18.3. The first-order chi connectivity index (χ1) is 10.8. The van der Waals surface area contributed by atoms with Crippen molar-refractivity contribution in [2.24, 2.45) is 0 Å². The minimum Gasteiger partial charge on any atom is -0.480 e. The second-order valence-corrected chi connectivity index (χ2v) is 6.41. The third kappa shape index (κ3) is 5.26. The maximum atomic E-state index is 13.4. The van der Waals surface area contributed by atoms with Crippen molar-refractivity contribution >= 4 is 27.8 Å². The number of carbonyl (C=O) groups is 2. The zero-order chi connectivity index (χ0) is 17.0. The molecule has 0 bridgehead atoms. The predicted octanol–water partition coefficient (Wildman–Crippen LogP) is 1.45. The van der Waals surface area contributed by atoms with Gasteiger partial charge in [-0.25, -0.2) is 4.39 Å². The SMILES string of the molecule is CN(CC(=O)O)C[C@@H]1CN(C(=O)c2cc(F)cc(Br)c2)CCO1. The van der Waals surface area contributed by atoms with Crippen LogP contribution in [0.5, 0.6) is 0 Å². The van der Waals surface area contributed by atoms with Gasteiger partial charge in [0.1, 0.15) is 5.82 Å². The molecule has 0 aliphatic carbocycles. The Hall–Kier alpha value is -1.51. The van der Waals surface area contributed by atoms with E-state index in [0.717, 1.165) is 0 Å². The molecule has 1 heterocycles. The van der Waals surface area contributed by atoms with Crippen LogP contribution in [0.1, 0.15) is 10.4 Å². The Morgan fingerprint density at radius 2 is 2.22 bits per heavy atom. The number of carboxylic acids is 1. The first-order valence-corrected chi connectivity index (χ1v) is 7.92. The van der Waals surface area contributed by atoms with E-state index in [9.17, 15) is 14.0 Å². The number of amides is 1. The van der Waals surface area contributed by atoms with E-state index in [1.807, 2.05) is 0 Å². The van der Waals surface area contributed by atoms with Crippen molar-refractivity contribution in [2.45, 2.75) is 6.10 Å². The van der Waals surface area contributed by atoms with Crippen molar-refractivity contribution in [3.8, 4) is 0 Å². The fourth-order valence-electron chi connectivity index (χ4n) is 2.52. The average Bonchev–Trinajstić information content (AvgIpc) is 2.44. The smallest absolute Gasteiger partial charge is 0.317 e. The molecule has 0 unspecified atom stereocenters. The molecule has 2 rings (SSSR count). The van der Waals surface area contributed by atoms with Gasteiger partial charge in [0.05, 0.1) is 19.3 Å². The van der Waals surface area contributed by atoms with Crippen molar-refractivity contribution in [3.05, 3.63) is 34.1 Å². The molecule has 1 aromatic carbocycles. The molecule has 23 heavy (non-hydrogen) atoms. The zero-order valence-corrected chi connectivity index (χ0v) is 14.3. The van der Waals surface area contributed by atoms with E-state index in [0.29, 0.717) is 30.7 Å². The van der Waals surface area contributed by atoms with Gasteiger partial charge >= 0.3 is 5.97 Å². The van der Waals surface area contributed by atoms with Gasteiger partial charge in [-0.1, -0.05) is 15.9 Å². The number of carboxylic acid groups (broad SMARTS) is 1. The summed E-state index contributed by atoms with van der Waals surface area (Å²) in [5, 5.41) is 8.77. The van der Waals surface area contributed by atoms with Crippen LogP contribution in [-0.4, -0.2) is 72.7 Å². The summed E-state index contributed by atoms with van der Waals surface area (Å²) in [6.07, 6.45) is -0.269. The Kier molecular flexibility index (Phi) is 6.09. The van der Waals surface area contributed by atoms with Crippen LogP contribution in [0.4, 0.5) is 4.39 Å². The molecule has 6 nitrogen and oxygen atoms in total. The van der Waals surface area contributed by atoms with Gasteiger partial charge in [0.25, 0.3) is 5.91 Å². The fourth-order valence-corrected chi connectivity index (χ4v) is 2.98. The second-order valence-electron chi connectivity index (χ2n) is 5.49. The highest BCUT2D eigenvalue weighted by Crippen LogP contribution is 2.18. The molecule has 1 amide bonds. The van der Waals surface area contributed by atoms with E-state index in [1.165, 1.54) is 12.1 Å². The number of hydrogen-bond acceptors (Lipinski definition) is 4. The largest absolute Gasteiger partial charge is 0.480 e. The highest BCUT2D eigenvalue weighted by molar-refractivity contribution is 9.10. The first-order valence-electron chi connectivity index (χ1n) is 7.12. The summed E-state index contributed by atoms with van der Waals surface area (Å²) in [5.74, 6) is -1.66. The Morgan fingerprint density at radius 1 is 1.48 bits per heavy atom. The molecular weight excluding hydrogens is 371 g/mol. The van der Waals surface area contributed by atoms with Crippen LogP contribution < -0.4 is 0 Å². The van der Waals surface area contributed by atoms with E-state index >= 15 is 0 Å². The number of ether oxygens (including phenoxy) is 1. The summed E-state index contributed by atoms with van der Waals surface area (Å²) >= 11 is 3.18. The summed E-state index contributed by atoms with van der Waals surface area (Å²) in [5.41, 5.74) is 0.274. The van der Waals surface area contributed by atoms with E-state index < -0.39 is 11.8 Å². The number of hydrogen-bond donors (Lipinski definition) is 1. The molecule has 0 radical (unpaired) electrons. The van der Waals surface area contributed by atoms with Gasteiger partial charge in [-0.2, -0.15) is 0 Å². The highest BCUT2D eigenvalue weighted by Gasteiger charge is 2.26. The van der Waals surface area contributed by atoms with Crippen molar-refractivity contribution in [1.82, 2.24) is 9.80 Å². The van der Waals surface area contributed by atoms with Gasteiger partial charge in [0, 0.05) is 29.7 Å². The van der Waals surface area contributed by atoms with Gasteiger partial charge in [0.2, 0.25) is 0 Å². The van der Waals surface area contributed by atoms with Gasteiger partial charge in [-0.3, -0.25) is 14.5 Å². The summed E-state index contributed by atoms with van der Waals surface area (Å²) in [6, 6.07) is 4.07. The summed E-state index contributed by atoms with van der Waals surface area (Å²) in [7, 11) is 1.68. The molecule has 0 aromatic heterocycles. The number of morpholine rings is 1. The van der Waals surface area contributed by atoms with Crippen molar-refractivity contribution < 1.29 is 23.8 Å². The van der Waals surface area contributed by atoms with Gasteiger partial charge in [-0.05, 0) is 25.2 Å². The maximum Gasteiger partial charge on any atom is 0.317 e. The van der Waals surface area contributed by atoms with Crippen molar-refractivity contribution in [2.75, 3.05) is 39.8 Å². The molecule has 126 valence electrons. The minimum atomic E-state index is -0.916. The Morgan fingerprint density at radius 3 is 2.87 bits per heavy atom. The molecule has 1 aliphatic rings. The van der Waals surface area contributed by atoms with Crippen LogP contribution in [-0.2, 0) is 9.53 Å². The molecule has 1 atom stereocenters. The number of carbonyl (C=O) groups excluding carboxylic acids is 1. The van der Waals surface area contributed by atoms with E-state index in [-0.39, 0.29) is 24.1 Å². The van der Waals surface area contributed by atoms with Crippen LogP contribution in [0.25, 0.3) is 0 Å². The number of likely N-dealkylation sites (N-methyl/N-ethyl adjacent to an activating group) is 1. The molecule has 8 heteroatoms. The van der Waals surface area contributed by atoms with Crippen LogP contribution in [0.3, 0.4) is 0 Å². The van der Waals surface area contributed by atoms with Gasteiger partial charge in [-0.15, -0.1) is 0 Å². The minimum absolute atomic E-state index is 0.0926. The number of rotatable bonds is 5. The lowest BCUT2D eigenvalue weighted by Crippen LogP contribution is -2.49. The number of benzene rings is 1. The number of halogens is 2. The molecule has 1 N–H and O–H groups in total. The first kappa shape index (κ1) is 17.8. The molecular formula is C15H18BrFN2O4. The molecule has 1 fully saturated rings. The van der Waals surface area contributed by atoms with Crippen LogP contribution in [0.15, 0.2) is 22.7 Å². The van der Waals surface area contributed by atoms with Crippen LogP contribution >= 0.6 is 15.9 Å². The quantitative estimate of drug-likeness (QED) is 0.826. The summed E-state index contributed by atoms with van der Waals surface area (Å²) in [4.78, 5) is 26.4. The van der Waals surface area contributed by atoms with E-state index in [1.54, 1.807) is 22.9 Å². The third-order valence-electron chi connectivity index (χ3n) is 3.46. The monoisotopic (exact) mass is 388 g/mol. The molecule has 1 aliphatic heterocycles. The van der Waals surface area contributed by atoms with Gasteiger partial charge in [0.15, 0.2) is 0 Å². The summed E-state index contributed by atoms with van der Waals surface area (Å²) < 4.78 is 19.5. The number of nitrogens with zero attached hydrogens (tertiary/aromatic N) is 2. The van der Waals surface area contributed by atoms with E-state index in [4.69, 9.17) is 9.84 Å². The second kappa shape index (κ2) is 7.85. The molecule has 0 saturated carbocycles. The Labute approximate surface area is 141 Å². The van der Waals surface area contributed by atoms with Crippen molar-refractivity contribution in [3.63, 3.8) is 0 Å². The lowest BCUT2D eigenvalue weighted by Gasteiger charge is -2.34. The predicted molar refractivity (Wildman–Crippen MR) is 84.9 cm³/mol. The average molecular weight is 389 g/mol. The lowest BCUT2D eigenvalue weighted by molar-refractivity contribution is -0.138. The molecule has 1 aromatic rings. The number of aliphatic carboxylic acids is 1. The lowest BCUT2D eigenvalue weighted by atomic mass is 10.1. The Bertz CT molecular complexity index is 579. The van der Waals surface area contributed by atoms with Crippen molar-refractivity contribution in [1.29, 1.82) is 0 Å². The van der Waals surface area contributed by atoms with Gasteiger partial charge < -0.3 is 14.7 Å². The summed E-state index contributed by atoms with van der Waals surface area (Å²) in [6.45, 7) is 1.45. The van der Waals surface area contributed by atoms with Crippen LogP contribution in [0.2, 0.25) is 0 Å². The topological polar surface area (TPSA) is 70.1 Å². The highest BCUT2D eigenvalue weighted by atomic mass is 79.9. The Balaban J connectivity index is 2.00.